The molecule has 3 rings (SSSR count). The van der Waals surface area contributed by atoms with Gasteiger partial charge < -0.3 is 14.7 Å². The monoisotopic (exact) mass is 360 g/mol. The SMILES string of the molecule is CCC(CC(=O)O)Oc1ccc2c(c1)CN(C1CCC(=O)NC1=O)C2=O. The van der Waals surface area contributed by atoms with E-state index in [0.29, 0.717) is 24.2 Å². The van der Waals surface area contributed by atoms with Crippen LogP contribution in [0, 0.1) is 0 Å². The lowest BCUT2D eigenvalue weighted by molar-refractivity contribution is -0.139. The summed E-state index contributed by atoms with van der Waals surface area (Å²) in [4.78, 5) is 48.3. The third kappa shape index (κ3) is 3.54. The fourth-order valence-electron chi connectivity index (χ4n) is 3.28. The Balaban J connectivity index is 1.75. The highest BCUT2D eigenvalue weighted by Gasteiger charge is 2.39. The van der Waals surface area contributed by atoms with Crippen molar-refractivity contribution < 1.29 is 29.0 Å². The topological polar surface area (TPSA) is 113 Å². The van der Waals surface area contributed by atoms with Crippen LogP contribution in [0.5, 0.6) is 5.75 Å². The molecule has 0 spiro atoms. The Morgan fingerprint density at radius 1 is 1.38 bits per heavy atom. The first-order chi connectivity index (χ1) is 12.4. The van der Waals surface area contributed by atoms with Crippen LogP contribution in [0.25, 0.3) is 0 Å². The number of ether oxygens (including phenoxy) is 1. The lowest BCUT2D eigenvalue weighted by atomic mass is 10.0. The molecule has 0 saturated carbocycles. The first-order valence-electron chi connectivity index (χ1n) is 8.55. The first-order valence-corrected chi connectivity index (χ1v) is 8.55. The predicted octanol–water partition coefficient (Wildman–Crippen LogP) is 1.08. The summed E-state index contributed by atoms with van der Waals surface area (Å²) in [6.45, 7) is 2.10. The number of carboxylic acids is 1. The highest BCUT2D eigenvalue weighted by atomic mass is 16.5. The van der Waals surface area contributed by atoms with Gasteiger partial charge in [-0.05, 0) is 36.6 Å². The van der Waals surface area contributed by atoms with Crippen LogP contribution in [0.4, 0.5) is 0 Å². The summed E-state index contributed by atoms with van der Waals surface area (Å²) >= 11 is 0. The van der Waals surface area contributed by atoms with Crippen molar-refractivity contribution in [2.45, 2.75) is 51.3 Å². The summed E-state index contributed by atoms with van der Waals surface area (Å²) in [5.41, 5.74) is 1.22. The van der Waals surface area contributed by atoms with Gasteiger partial charge in [-0.15, -0.1) is 0 Å². The summed E-state index contributed by atoms with van der Waals surface area (Å²) < 4.78 is 5.72. The fraction of sp³-hybridized carbons (Fsp3) is 0.444. The Hall–Kier alpha value is -2.90. The average Bonchev–Trinajstić information content (AvgIpc) is 2.90. The molecule has 1 aromatic rings. The van der Waals surface area contributed by atoms with E-state index in [1.165, 1.54) is 4.90 Å². The maximum Gasteiger partial charge on any atom is 0.307 e. The van der Waals surface area contributed by atoms with Gasteiger partial charge in [0.1, 0.15) is 17.9 Å². The van der Waals surface area contributed by atoms with Crippen LogP contribution in [0.1, 0.15) is 48.5 Å². The minimum Gasteiger partial charge on any atom is -0.490 e. The number of hydrogen-bond acceptors (Lipinski definition) is 5. The van der Waals surface area contributed by atoms with Gasteiger partial charge in [0, 0.05) is 18.5 Å². The number of aliphatic carboxylic acids is 1. The highest BCUT2D eigenvalue weighted by molar-refractivity contribution is 6.05. The van der Waals surface area contributed by atoms with Crippen molar-refractivity contribution >= 4 is 23.7 Å². The third-order valence-corrected chi connectivity index (χ3v) is 4.66. The second-order valence-electron chi connectivity index (χ2n) is 6.46. The predicted molar refractivity (Wildman–Crippen MR) is 89.4 cm³/mol. The molecule has 2 heterocycles. The molecule has 0 bridgehead atoms. The number of rotatable bonds is 6. The molecule has 2 unspecified atom stereocenters. The number of hydrogen-bond donors (Lipinski definition) is 2. The lowest BCUT2D eigenvalue weighted by Gasteiger charge is -2.29. The van der Waals surface area contributed by atoms with Crippen molar-refractivity contribution in [1.82, 2.24) is 10.2 Å². The Kier molecular flexibility index (Phi) is 4.92. The maximum absolute atomic E-state index is 12.6. The molecule has 3 amide bonds. The summed E-state index contributed by atoms with van der Waals surface area (Å²) in [6, 6.07) is 4.32. The summed E-state index contributed by atoms with van der Waals surface area (Å²) in [5.74, 6) is -1.47. The first kappa shape index (κ1) is 17.9. The maximum atomic E-state index is 12.6. The molecular weight excluding hydrogens is 340 g/mol. The van der Waals surface area contributed by atoms with Gasteiger partial charge in [-0.25, -0.2) is 0 Å². The fourth-order valence-corrected chi connectivity index (χ4v) is 3.28. The molecule has 2 N–H and O–H groups in total. The normalized spacial score (nSPS) is 20.6. The minimum absolute atomic E-state index is 0.102. The van der Waals surface area contributed by atoms with Crippen LogP contribution >= 0.6 is 0 Å². The van der Waals surface area contributed by atoms with E-state index >= 15 is 0 Å². The standard InChI is InChI=1S/C18H20N2O6/c1-2-11(8-16(22)23)26-12-3-4-13-10(7-12)9-20(18(13)25)14-5-6-15(21)19-17(14)24/h3-4,7,11,14H,2,5-6,8-9H2,1H3,(H,22,23)(H,19,21,24). The van der Waals surface area contributed by atoms with Crippen LogP contribution in [0.2, 0.25) is 0 Å². The van der Waals surface area contributed by atoms with Crippen molar-refractivity contribution in [1.29, 1.82) is 0 Å². The number of carbonyl (C=O) groups excluding carboxylic acids is 3. The smallest absolute Gasteiger partial charge is 0.307 e. The number of nitrogens with one attached hydrogen (secondary N) is 1. The van der Waals surface area contributed by atoms with Gasteiger partial charge in [-0.2, -0.15) is 0 Å². The van der Waals surface area contributed by atoms with Crippen LogP contribution in [0.3, 0.4) is 0 Å². The van der Waals surface area contributed by atoms with Crippen molar-refractivity contribution in [2.75, 3.05) is 0 Å². The number of amides is 3. The van der Waals surface area contributed by atoms with E-state index in [1.807, 2.05) is 6.92 Å². The quantitative estimate of drug-likeness (QED) is 0.734. The Morgan fingerprint density at radius 3 is 2.81 bits per heavy atom. The van der Waals surface area contributed by atoms with E-state index < -0.39 is 24.0 Å². The number of imide groups is 1. The second kappa shape index (κ2) is 7.15. The number of carbonyl (C=O) groups is 4. The van der Waals surface area contributed by atoms with Gasteiger partial charge in [0.15, 0.2) is 0 Å². The zero-order valence-electron chi connectivity index (χ0n) is 14.4. The molecule has 2 atom stereocenters. The van der Waals surface area contributed by atoms with Gasteiger partial charge in [-0.3, -0.25) is 24.5 Å². The van der Waals surface area contributed by atoms with Crippen molar-refractivity contribution in [2.24, 2.45) is 0 Å². The van der Waals surface area contributed by atoms with Gasteiger partial charge in [0.2, 0.25) is 11.8 Å². The molecule has 1 saturated heterocycles. The highest BCUT2D eigenvalue weighted by Crippen LogP contribution is 2.30. The summed E-state index contributed by atoms with van der Waals surface area (Å²) in [6.07, 6.45) is 0.510. The molecule has 138 valence electrons. The van der Waals surface area contributed by atoms with Crippen LogP contribution in [0.15, 0.2) is 18.2 Å². The number of fused-ring (bicyclic) bond motifs is 1. The largest absolute Gasteiger partial charge is 0.490 e. The Labute approximate surface area is 150 Å². The molecule has 26 heavy (non-hydrogen) atoms. The molecule has 0 aromatic heterocycles. The van der Waals surface area contributed by atoms with Gasteiger partial charge >= 0.3 is 5.97 Å². The van der Waals surface area contributed by atoms with Gasteiger partial charge in [0.25, 0.3) is 5.91 Å². The molecule has 8 heteroatoms. The number of piperidine rings is 1. The van der Waals surface area contributed by atoms with Crippen LogP contribution in [-0.2, 0) is 20.9 Å². The van der Waals surface area contributed by atoms with Gasteiger partial charge in [0.05, 0.1) is 6.42 Å². The second-order valence-corrected chi connectivity index (χ2v) is 6.46. The third-order valence-electron chi connectivity index (χ3n) is 4.66. The van der Waals surface area contributed by atoms with E-state index in [2.05, 4.69) is 5.32 Å². The van der Waals surface area contributed by atoms with Crippen LogP contribution < -0.4 is 10.1 Å². The van der Waals surface area contributed by atoms with E-state index in [1.54, 1.807) is 18.2 Å². The number of nitrogens with zero attached hydrogens (tertiary/aromatic N) is 1. The van der Waals surface area contributed by atoms with E-state index in [9.17, 15) is 19.2 Å². The summed E-state index contributed by atoms with van der Waals surface area (Å²) in [5, 5.41) is 11.2. The molecule has 1 fully saturated rings. The van der Waals surface area contributed by atoms with Crippen molar-refractivity contribution in [3.05, 3.63) is 29.3 Å². The minimum atomic E-state index is -0.933. The van der Waals surface area contributed by atoms with Crippen LogP contribution in [-0.4, -0.2) is 45.8 Å². The molecule has 2 aliphatic rings. The zero-order chi connectivity index (χ0) is 18.8. The molecule has 1 aromatic carbocycles. The molecule has 0 aliphatic carbocycles. The van der Waals surface area contributed by atoms with E-state index in [0.717, 1.165) is 5.56 Å². The Bertz CT molecular complexity index is 775. The molecule has 0 radical (unpaired) electrons. The van der Waals surface area contributed by atoms with Crippen molar-refractivity contribution in [3.63, 3.8) is 0 Å². The number of carboxylic acid groups (broad SMARTS) is 1. The Morgan fingerprint density at radius 2 is 2.15 bits per heavy atom. The molecule has 2 aliphatic heterocycles. The van der Waals surface area contributed by atoms with Crippen molar-refractivity contribution in [3.8, 4) is 5.75 Å². The average molecular weight is 360 g/mol. The van der Waals surface area contributed by atoms with E-state index in [-0.39, 0.29) is 31.2 Å². The molecular formula is C18H20N2O6. The summed E-state index contributed by atoms with van der Waals surface area (Å²) in [7, 11) is 0. The van der Waals surface area contributed by atoms with Gasteiger partial charge in [-0.1, -0.05) is 6.92 Å². The zero-order valence-corrected chi connectivity index (χ0v) is 14.4. The molecule has 8 nitrogen and oxygen atoms in total. The number of benzene rings is 1. The van der Waals surface area contributed by atoms with E-state index in [4.69, 9.17) is 9.84 Å². The lowest BCUT2D eigenvalue weighted by Crippen LogP contribution is -2.52.